The van der Waals surface area contributed by atoms with Crippen LogP contribution in [0.25, 0.3) is 0 Å². The number of hydrogen-bond donors (Lipinski definition) is 2. The molecule has 0 spiro atoms. The Morgan fingerprint density at radius 1 is 1.25 bits per heavy atom. The zero-order valence-electron chi connectivity index (χ0n) is 10.6. The van der Waals surface area contributed by atoms with Crippen LogP contribution in [0.15, 0.2) is 36.5 Å². The third-order valence-electron chi connectivity index (χ3n) is 3.66. The van der Waals surface area contributed by atoms with E-state index in [1.807, 2.05) is 6.07 Å². The van der Waals surface area contributed by atoms with Gasteiger partial charge in [-0.15, -0.1) is 0 Å². The van der Waals surface area contributed by atoms with Crippen LogP contribution in [0.1, 0.15) is 5.69 Å². The van der Waals surface area contributed by atoms with Gasteiger partial charge in [-0.05, 0) is 12.1 Å². The number of carboxylic acid groups (broad SMARTS) is 1. The summed E-state index contributed by atoms with van der Waals surface area (Å²) in [6.07, 6.45) is 4.18. The van der Waals surface area contributed by atoms with Gasteiger partial charge in [0.05, 0.1) is 30.4 Å². The number of nitrogens with one attached hydrogen (secondary N) is 1. The third kappa shape index (κ3) is 2.18. The molecule has 0 aromatic carbocycles. The molecule has 0 saturated carbocycles. The van der Waals surface area contributed by atoms with Crippen LogP contribution in [0.4, 0.5) is 0 Å². The first-order valence-corrected chi connectivity index (χ1v) is 6.41. The molecule has 1 amide bonds. The van der Waals surface area contributed by atoms with E-state index in [4.69, 9.17) is 4.74 Å². The van der Waals surface area contributed by atoms with E-state index < -0.39 is 30.0 Å². The van der Waals surface area contributed by atoms with Crippen molar-refractivity contribution < 1.29 is 19.4 Å². The van der Waals surface area contributed by atoms with Crippen LogP contribution >= 0.6 is 0 Å². The Balaban J connectivity index is 1.68. The summed E-state index contributed by atoms with van der Waals surface area (Å²) in [6, 6.07) is 5.42. The van der Waals surface area contributed by atoms with Crippen molar-refractivity contribution in [1.29, 1.82) is 0 Å². The van der Waals surface area contributed by atoms with Crippen LogP contribution in [0.3, 0.4) is 0 Å². The molecular weight excluding hydrogens is 260 g/mol. The number of fused-ring (bicyclic) bond motifs is 2. The van der Waals surface area contributed by atoms with Gasteiger partial charge in [-0.2, -0.15) is 0 Å². The van der Waals surface area contributed by atoms with E-state index in [1.54, 1.807) is 30.5 Å². The van der Waals surface area contributed by atoms with Gasteiger partial charge in [0.1, 0.15) is 5.92 Å². The van der Waals surface area contributed by atoms with Crippen LogP contribution in [-0.2, 0) is 20.9 Å². The molecule has 6 heteroatoms. The molecule has 6 nitrogen and oxygen atoms in total. The minimum absolute atomic E-state index is 0.281. The van der Waals surface area contributed by atoms with Gasteiger partial charge >= 0.3 is 5.97 Å². The van der Waals surface area contributed by atoms with E-state index in [9.17, 15) is 14.7 Å². The second-order valence-corrected chi connectivity index (χ2v) is 4.88. The van der Waals surface area contributed by atoms with Crippen molar-refractivity contribution >= 4 is 11.9 Å². The summed E-state index contributed by atoms with van der Waals surface area (Å²) in [6.45, 7) is 0.281. The Morgan fingerprint density at radius 2 is 2.00 bits per heavy atom. The van der Waals surface area contributed by atoms with E-state index in [1.165, 1.54) is 0 Å². The highest BCUT2D eigenvalue weighted by Crippen LogP contribution is 2.39. The molecule has 104 valence electrons. The molecule has 3 heterocycles. The zero-order valence-corrected chi connectivity index (χ0v) is 10.6. The minimum Gasteiger partial charge on any atom is -0.481 e. The lowest BCUT2D eigenvalue weighted by molar-refractivity contribution is -0.146. The average molecular weight is 274 g/mol. The van der Waals surface area contributed by atoms with Crippen molar-refractivity contribution in [3.8, 4) is 0 Å². The van der Waals surface area contributed by atoms with Gasteiger partial charge in [0, 0.05) is 6.20 Å². The smallest absolute Gasteiger partial charge is 0.310 e. The van der Waals surface area contributed by atoms with E-state index in [0.29, 0.717) is 0 Å². The van der Waals surface area contributed by atoms with Crippen LogP contribution in [0.2, 0.25) is 0 Å². The van der Waals surface area contributed by atoms with Crippen LogP contribution < -0.4 is 5.32 Å². The number of aliphatic carboxylic acids is 1. The molecule has 0 radical (unpaired) electrons. The molecule has 3 rings (SSSR count). The van der Waals surface area contributed by atoms with Gasteiger partial charge in [-0.25, -0.2) is 0 Å². The summed E-state index contributed by atoms with van der Waals surface area (Å²) in [4.78, 5) is 27.6. The number of pyridine rings is 1. The highest BCUT2D eigenvalue weighted by Gasteiger charge is 2.53. The van der Waals surface area contributed by atoms with Gasteiger partial charge in [0.25, 0.3) is 0 Å². The fourth-order valence-corrected chi connectivity index (χ4v) is 2.71. The lowest BCUT2D eigenvalue weighted by atomic mass is 9.82. The highest BCUT2D eigenvalue weighted by atomic mass is 16.5. The number of rotatable bonds is 4. The zero-order chi connectivity index (χ0) is 14.1. The Labute approximate surface area is 115 Å². The standard InChI is InChI=1S/C14H14N2O4/c17-13(16-7-8-3-1-2-6-15-8)11-9-4-5-10(20-9)12(11)14(18)19/h1-6,9-12H,7H2,(H,16,17)(H,18,19)/t9-,10+,11+,12-/m0/s1. The third-order valence-corrected chi connectivity index (χ3v) is 3.66. The molecule has 0 aliphatic carbocycles. The summed E-state index contributed by atoms with van der Waals surface area (Å²) in [5, 5.41) is 12.0. The largest absolute Gasteiger partial charge is 0.481 e. The molecule has 1 fully saturated rings. The Bertz CT molecular complexity index is 558. The first-order chi connectivity index (χ1) is 9.66. The van der Waals surface area contributed by atoms with Gasteiger partial charge < -0.3 is 15.2 Å². The molecule has 2 aliphatic rings. The second kappa shape index (κ2) is 5.05. The number of carbonyl (C=O) groups excluding carboxylic acids is 1. The summed E-state index contributed by atoms with van der Waals surface area (Å²) in [5.74, 6) is -2.79. The molecule has 2 aliphatic heterocycles. The number of aromatic nitrogens is 1. The molecule has 4 atom stereocenters. The molecule has 1 aromatic rings. The molecule has 2 N–H and O–H groups in total. The summed E-state index contributed by atoms with van der Waals surface area (Å²) in [7, 11) is 0. The van der Waals surface area contributed by atoms with Crippen LogP contribution in [0, 0.1) is 11.8 Å². The fraction of sp³-hybridized carbons (Fsp3) is 0.357. The van der Waals surface area contributed by atoms with Gasteiger partial charge in [0.2, 0.25) is 5.91 Å². The molecule has 20 heavy (non-hydrogen) atoms. The number of nitrogens with zero attached hydrogens (tertiary/aromatic N) is 1. The maximum absolute atomic E-state index is 12.2. The predicted molar refractivity (Wildman–Crippen MR) is 68.5 cm³/mol. The lowest BCUT2D eigenvalue weighted by Gasteiger charge is -2.20. The van der Waals surface area contributed by atoms with Crippen molar-refractivity contribution in [3.63, 3.8) is 0 Å². The van der Waals surface area contributed by atoms with Gasteiger partial charge in [0.15, 0.2) is 0 Å². The first kappa shape index (κ1) is 12.8. The average Bonchev–Trinajstić information content (AvgIpc) is 3.06. The van der Waals surface area contributed by atoms with Crippen molar-refractivity contribution in [2.45, 2.75) is 18.8 Å². The van der Waals surface area contributed by atoms with Gasteiger partial charge in [-0.1, -0.05) is 18.2 Å². The molecular formula is C14H14N2O4. The molecule has 1 aromatic heterocycles. The summed E-state index contributed by atoms with van der Waals surface area (Å²) in [5.41, 5.74) is 0.729. The van der Waals surface area contributed by atoms with Gasteiger partial charge in [-0.3, -0.25) is 14.6 Å². The topological polar surface area (TPSA) is 88.5 Å². The quantitative estimate of drug-likeness (QED) is 0.773. The maximum Gasteiger partial charge on any atom is 0.310 e. The normalized spacial score (nSPS) is 30.4. The van der Waals surface area contributed by atoms with Crippen molar-refractivity contribution in [2.75, 3.05) is 0 Å². The van der Waals surface area contributed by atoms with Crippen LogP contribution in [0.5, 0.6) is 0 Å². The van der Waals surface area contributed by atoms with E-state index >= 15 is 0 Å². The van der Waals surface area contributed by atoms with Crippen molar-refractivity contribution in [1.82, 2.24) is 10.3 Å². The number of hydrogen-bond acceptors (Lipinski definition) is 4. The molecule has 1 saturated heterocycles. The van der Waals surface area contributed by atoms with E-state index in [2.05, 4.69) is 10.3 Å². The Morgan fingerprint density at radius 3 is 2.65 bits per heavy atom. The Kier molecular flexibility index (Phi) is 3.23. The SMILES string of the molecule is O=C(O)[C@@H]1[C@H](C(=O)NCc2ccccn2)[C@@H]2C=C[C@H]1O2. The van der Waals surface area contributed by atoms with Crippen LogP contribution in [-0.4, -0.2) is 34.2 Å². The van der Waals surface area contributed by atoms with E-state index in [0.717, 1.165) is 5.69 Å². The monoisotopic (exact) mass is 274 g/mol. The second-order valence-electron chi connectivity index (χ2n) is 4.88. The molecule has 2 bridgehead atoms. The van der Waals surface area contributed by atoms with Crippen molar-refractivity contribution in [3.05, 3.63) is 42.2 Å². The number of carbonyl (C=O) groups is 2. The highest BCUT2D eigenvalue weighted by molar-refractivity contribution is 5.87. The number of amides is 1. The maximum atomic E-state index is 12.2. The Hall–Kier alpha value is -2.21. The summed E-state index contributed by atoms with van der Waals surface area (Å²) >= 11 is 0. The molecule has 0 unspecified atom stereocenters. The summed E-state index contributed by atoms with van der Waals surface area (Å²) < 4.78 is 5.46. The fourth-order valence-electron chi connectivity index (χ4n) is 2.71. The minimum atomic E-state index is -1.00. The predicted octanol–water partition coefficient (Wildman–Crippen LogP) is 0.352. The van der Waals surface area contributed by atoms with Crippen molar-refractivity contribution in [2.24, 2.45) is 11.8 Å². The van der Waals surface area contributed by atoms with E-state index in [-0.39, 0.29) is 12.5 Å². The number of ether oxygens (including phenoxy) is 1. The number of carboxylic acids is 1. The first-order valence-electron chi connectivity index (χ1n) is 6.41. The lowest BCUT2D eigenvalue weighted by Crippen LogP contribution is -2.42.